The van der Waals surface area contributed by atoms with Crippen LogP contribution in [0.25, 0.3) is 11.1 Å². The lowest BCUT2D eigenvalue weighted by Gasteiger charge is -2.44. The Balaban J connectivity index is 1.25. The van der Waals surface area contributed by atoms with Crippen molar-refractivity contribution in [3.63, 3.8) is 0 Å². The first kappa shape index (κ1) is 21.4. The number of piperidine rings is 1. The van der Waals surface area contributed by atoms with Gasteiger partial charge in [0, 0.05) is 12.8 Å². The Bertz CT molecular complexity index is 939. The van der Waals surface area contributed by atoms with Gasteiger partial charge in [0.15, 0.2) is 9.84 Å². The van der Waals surface area contributed by atoms with E-state index in [9.17, 15) is 8.42 Å². The van der Waals surface area contributed by atoms with Gasteiger partial charge in [-0.2, -0.15) is 0 Å². The minimum atomic E-state index is -3.16. The molecule has 1 saturated carbocycles. The average molecular weight is 428 g/mol. The first-order chi connectivity index (χ1) is 14.3. The SMILES string of the molecule is CC1(CN2CCC(COc3ccc(-c4ccc(S(C)(=O)=O)cc4)cc3)CC2)CCC1. The van der Waals surface area contributed by atoms with Crippen molar-refractivity contribution in [1.29, 1.82) is 0 Å². The highest BCUT2D eigenvalue weighted by Gasteiger charge is 2.34. The summed E-state index contributed by atoms with van der Waals surface area (Å²) in [6.45, 7) is 6.90. The van der Waals surface area contributed by atoms with Crippen molar-refractivity contribution in [1.82, 2.24) is 4.90 Å². The third-order valence-electron chi connectivity index (χ3n) is 6.83. The lowest BCUT2D eigenvalue weighted by molar-refractivity contribution is 0.0564. The fourth-order valence-electron chi connectivity index (χ4n) is 4.64. The van der Waals surface area contributed by atoms with E-state index in [1.807, 2.05) is 36.4 Å². The van der Waals surface area contributed by atoms with E-state index in [1.54, 1.807) is 12.1 Å². The number of rotatable bonds is 7. The molecule has 2 fully saturated rings. The van der Waals surface area contributed by atoms with Crippen LogP contribution in [-0.2, 0) is 9.84 Å². The number of sulfone groups is 1. The standard InChI is InChI=1S/C25H33NO3S/c1-25(14-3-15-25)19-26-16-12-20(13-17-26)18-29-23-8-4-21(5-9-23)22-6-10-24(11-7-22)30(2,27)28/h4-11,20H,3,12-19H2,1-2H3. The lowest BCUT2D eigenvalue weighted by Crippen LogP contribution is -2.44. The Labute approximate surface area is 181 Å². The Hall–Kier alpha value is -1.85. The number of likely N-dealkylation sites (tertiary alicyclic amines) is 1. The van der Waals surface area contributed by atoms with E-state index < -0.39 is 9.84 Å². The van der Waals surface area contributed by atoms with Crippen molar-refractivity contribution in [3.8, 4) is 16.9 Å². The van der Waals surface area contributed by atoms with E-state index in [-0.39, 0.29) is 0 Å². The summed E-state index contributed by atoms with van der Waals surface area (Å²) >= 11 is 0. The summed E-state index contributed by atoms with van der Waals surface area (Å²) in [5.41, 5.74) is 2.64. The van der Waals surface area contributed by atoms with Crippen molar-refractivity contribution >= 4 is 9.84 Å². The molecule has 0 unspecified atom stereocenters. The van der Waals surface area contributed by atoms with E-state index in [0.29, 0.717) is 16.2 Å². The second-order valence-corrected chi connectivity index (χ2v) is 11.5. The number of hydrogen-bond acceptors (Lipinski definition) is 4. The number of hydrogen-bond donors (Lipinski definition) is 0. The molecule has 1 aliphatic heterocycles. The maximum atomic E-state index is 11.6. The van der Waals surface area contributed by atoms with Crippen molar-refractivity contribution < 1.29 is 13.2 Å². The maximum absolute atomic E-state index is 11.6. The zero-order valence-corrected chi connectivity index (χ0v) is 19.0. The van der Waals surface area contributed by atoms with Gasteiger partial charge in [-0.25, -0.2) is 8.42 Å². The van der Waals surface area contributed by atoms with Gasteiger partial charge in [0.2, 0.25) is 0 Å². The van der Waals surface area contributed by atoms with E-state index in [4.69, 9.17) is 4.74 Å². The number of ether oxygens (including phenoxy) is 1. The molecule has 2 aliphatic rings. The summed E-state index contributed by atoms with van der Waals surface area (Å²) in [4.78, 5) is 3.00. The molecule has 0 N–H and O–H groups in total. The fourth-order valence-corrected chi connectivity index (χ4v) is 5.27. The molecule has 4 nitrogen and oxygen atoms in total. The Morgan fingerprint density at radius 1 is 0.967 bits per heavy atom. The topological polar surface area (TPSA) is 46.6 Å². The molecule has 2 aromatic rings. The third kappa shape index (κ3) is 5.25. The van der Waals surface area contributed by atoms with Crippen LogP contribution in [0.2, 0.25) is 0 Å². The van der Waals surface area contributed by atoms with Gasteiger partial charge < -0.3 is 9.64 Å². The van der Waals surface area contributed by atoms with E-state index in [0.717, 1.165) is 23.5 Å². The first-order valence-corrected chi connectivity index (χ1v) is 13.0. The Kier molecular flexibility index (Phi) is 6.21. The molecule has 1 aliphatic carbocycles. The largest absolute Gasteiger partial charge is 0.493 e. The Morgan fingerprint density at radius 2 is 1.53 bits per heavy atom. The van der Waals surface area contributed by atoms with Gasteiger partial charge >= 0.3 is 0 Å². The normalized spacial score (nSPS) is 19.9. The molecule has 30 heavy (non-hydrogen) atoms. The smallest absolute Gasteiger partial charge is 0.175 e. The van der Waals surface area contributed by atoms with E-state index in [1.165, 1.54) is 58.0 Å². The van der Waals surface area contributed by atoms with Crippen LogP contribution in [0.3, 0.4) is 0 Å². The summed E-state index contributed by atoms with van der Waals surface area (Å²) in [6.07, 6.45) is 7.88. The molecule has 0 aromatic heterocycles. The minimum Gasteiger partial charge on any atom is -0.493 e. The second kappa shape index (κ2) is 8.72. The molecule has 4 rings (SSSR count). The summed E-state index contributed by atoms with van der Waals surface area (Å²) in [6, 6.07) is 15.1. The summed E-state index contributed by atoms with van der Waals surface area (Å²) in [5.74, 6) is 1.54. The molecule has 1 saturated heterocycles. The highest BCUT2D eigenvalue weighted by Crippen LogP contribution is 2.41. The zero-order chi connectivity index (χ0) is 21.2. The van der Waals surface area contributed by atoms with E-state index >= 15 is 0 Å². The van der Waals surface area contributed by atoms with Crippen LogP contribution in [0, 0.1) is 11.3 Å². The predicted octanol–water partition coefficient (Wildman–Crippen LogP) is 5.04. The average Bonchev–Trinajstić information content (AvgIpc) is 2.72. The highest BCUT2D eigenvalue weighted by atomic mass is 32.2. The van der Waals surface area contributed by atoms with Crippen LogP contribution in [0.4, 0.5) is 0 Å². The van der Waals surface area contributed by atoms with Gasteiger partial charge in [0.1, 0.15) is 5.75 Å². The van der Waals surface area contributed by atoms with Gasteiger partial charge in [-0.15, -0.1) is 0 Å². The van der Waals surface area contributed by atoms with Crippen LogP contribution < -0.4 is 4.74 Å². The highest BCUT2D eigenvalue weighted by molar-refractivity contribution is 7.90. The van der Waals surface area contributed by atoms with Crippen LogP contribution in [0.1, 0.15) is 39.0 Å². The van der Waals surface area contributed by atoms with E-state index in [2.05, 4.69) is 11.8 Å². The molecule has 1 heterocycles. The van der Waals surface area contributed by atoms with Crippen LogP contribution >= 0.6 is 0 Å². The molecule has 162 valence electrons. The summed E-state index contributed by atoms with van der Waals surface area (Å²) < 4.78 is 29.3. The zero-order valence-electron chi connectivity index (χ0n) is 18.1. The number of nitrogens with zero attached hydrogens (tertiary/aromatic N) is 1. The van der Waals surface area contributed by atoms with Crippen molar-refractivity contribution in [2.75, 3.05) is 32.5 Å². The summed E-state index contributed by atoms with van der Waals surface area (Å²) in [7, 11) is -3.16. The molecule has 0 spiro atoms. The molecular weight excluding hydrogens is 394 g/mol. The van der Waals surface area contributed by atoms with Crippen LogP contribution in [0.5, 0.6) is 5.75 Å². The molecule has 0 bridgehead atoms. The molecular formula is C25H33NO3S. The van der Waals surface area contributed by atoms with Crippen molar-refractivity contribution in [3.05, 3.63) is 48.5 Å². The third-order valence-corrected chi connectivity index (χ3v) is 7.96. The van der Waals surface area contributed by atoms with Gasteiger partial charge in [0.05, 0.1) is 11.5 Å². The molecule has 0 amide bonds. The molecule has 0 radical (unpaired) electrons. The first-order valence-electron chi connectivity index (χ1n) is 11.1. The fraction of sp³-hybridized carbons (Fsp3) is 0.520. The van der Waals surface area contributed by atoms with Gasteiger partial charge in [0.25, 0.3) is 0 Å². The van der Waals surface area contributed by atoms with Crippen LogP contribution in [0.15, 0.2) is 53.4 Å². The monoisotopic (exact) mass is 427 g/mol. The second-order valence-electron chi connectivity index (χ2n) is 9.52. The lowest BCUT2D eigenvalue weighted by atomic mass is 9.70. The number of benzene rings is 2. The minimum absolute atomic E-state index is 0.346. The van der Waals surface area contributed by atoms with Crippen molar-refractivity contribution in [2.24, 2.45) is 11.3 Å². The quantitative estimate of drug-likeness (QED) is 0.621. The molecule has 5 heteroatoms. The van der Waals surface area contributed by atoms with Crippen molar-refractivity contribution in [2.45, 2.75) is 43.9 Å². The molecule has 2 aromatic carbocycles. The van der Waals surface area contributed by atoms with Crippen LogP contribution in [-0.4, -0.2) is 45.8 Å². The summed E-state index contributed by atoms with van der Waals surface area (Å²) in [5, 5.41) is 0. The molecule has 0 atom stereocenters. The van der Waals surface area contributed by atoms with Gasteiger partial charge in [-0.1, -0.05) is 37.6 Å². The predicted molar refractivity (Wildman–Crippen MR) is 122 cm³/mol. The van der Waals surface area contributed by atoms with Gasteiger partial charge in [-0.05, 0) is 85.5 Å². The maximum Gasteiger partial charge on any atom is 0.175 e. The van der Waals surface area contributed by atoms with Gasteiger partial charge in [-0.3, -0.25) is 0 Å². The Morgan fingerprint density at radius 3 is 2.03 bits per heavy atom.